The van der Waals surface area contributed by atoms with Crippen LogP contribution >= 0.6 is 11.6 Å². The zero-order chi connectivity index (χ0) is 31.8. The average Bonchev–Trinajstić information content (AvgIpc) is 3.54. The monoisotopic (exact) mass is 627 g/mol. The first-order valence-electron chi connectivity index (χ1n) is 15.5. The van der Waals surface area contributed by atoms with Crippen molar-refractivity contribution in [3.63, 3.8) is 0 Å². The lowest BCUT2D eigenvalue weighted by Gasteiger charge is -2.37. The normalized spacial score (nSPS) is 24.5. The number of rotatable bonds is 10. The molecule has 2 heterocycles. The van der Waals surface area contributed by atoms with Crippen molar-refractivity contribution in [3.8, 4) is 0 Å². The Morgan fingerprint density at radius 2 is 1.82 bits per heavy atom. The molecule has 4 aliphatic rings. The molecular weight excluding hydrogens is 586 g/mol. The van der Waals surface area contributed by atoms with Crippen LogP contribution in [0.15, 0.2) is 29.4 Å². The van der Waals surface area contributed by atoms with Crippen LogP contribution in [-0.2, 0) is 28.8 Å². The number of carbonyl (C=O) groups excluding carboxylic acids is 5. The molecule has 3 N–H and O–H groups in total. The summed E-state index contributed by atoms with van der Waals surface area (Å²) in [6.07, 6.45) is 5.21. The summed E-state index contributed by atoms with van der Waals surface area (Å²) in [5.74, 6) is -2.49. The minimum absolute atomic E-state index is 0.0556. The fourth-order valence-electron chi connectivity index (χ4n) is 6.16. The third kappa shape index (κ3) is 6.92. The lowest BCUT2D eigenvalue weighted by atomic mass is 9.82. The van der Waals surface area contributed by atoms with E-state index in [1.165, 1.54) is 11.9 Å². The van der Waals surface area contributed by atoms with Crippen LogP contribution in [0, 0.1) is 17.3 Å². The molecular formula is C32H42ClN5O6. The van der Waals surface area contributed by atoms with E-state index >= 15 is 0 Å². The Kier molecular flexibility index (Phi) is 9.07. The highest BCUT2D eigenvalue weighted by Crippen LogP contribution is 2.41. The molecule has 0 aromatic heterocycles. The Balaban J connectivity index is 1.42. The van der Waals surface area contributed by atoms with E-state index in [4.69, 9.17) is 16.4 Å². The predicted molar refractivity (Wildman–Crippen MR) is 164 cm³/mol. The molecule has 2 saturated carbocycles. The summed E-state index contributed by atoms with van der Waals surface area (Å²) < 4.78 is 0. The molecule has 0 bridgehead atoms. The van der Waals surface area contributed by atoms with Crippen molar-refractivity contribution in [1.82, 2.24) is 20.9 Å². The number of halogens is 1. The quantitative estimate of drug-likeness (QED) is 0.340. The number of hydrogen-bond acceptors (Lipinski definition) is 7. The van der Waals surface area contributed by atoms with E-state index < -0.39 is 52.6 Å². The Morgan fingerprint density at radius 1 is 1.09 bits per heavy atom. The highest BCUT2D eigenvalue weighted by Gasteiger charge is 2.56. The lowest BCUT2D eigenvalue weighted by Crippen LogP contribution is -2.59. The van der Waals surface area contributed by atoms with Gasteiger partial charge in [0.2, 0.25) is 23.5 Å². The number of Topliss-reactive ketones (excluding diaryl/α,β-unsaturated/α-hetero) is 1. The minimum atomic E-state index is -1.01. The van der Waals surface area contributed by atoms with Gasteiger partial charge in [0.05, 0.1) is 18.3 Å². The van der Waals surface area contributed by atoms with Gasteiger partial charge in [-0.05, 0) is 42.7 Å². The maximum Gasteiger partial charge on any atom is 0.289 e. The SMILES string of the molecule is CNC(=O)C(=O)[C@H](CC1CC1)NC(=O)[C@@H]1C[C@]2(CC(c3cccc(Cl)c3)=NO2)CN1C(=O)[C@@H](NC(=O)C1CCC1)C(C)(C)C. The molecule has 1 aromatic carbocycles. The van der Waals surface area contributed by atoms with E-state index in [2.05, 4.69) is 21.1 Å². The number of hydrogen-bond donors (Lipinski definition) is 3. The maximum absolute atomic E-state index is 14.4. The molecule has 1 aromatic rings. The molecule has 11 nitrogen and oxygen atoms in total. The molecule has 3 fully saturated rings. The molecule has 0 unspecified atom stereocenters. The van der Waals surface area contributed by atoms with Crippen molar-refractivity contribution in [2.75, 3.05) is 13.6 Å². The van der Waals surface area contributed by atoms with Crippen LogP contribution in [0.3, 0.4) is 0 Å². The summed E-state index contributed by atoms with van der Waals surface area (Å²) in [4.78, 5) is 74.0. The highest BCUT2D eigenvalue weighted by atomic mass is 35.5. The number of nitrogens with zero attached hydrogens (tertiary/aromatic N) is 2. The first kappa shape index (κ1) is 31.9. The summed E-state index contributed by atoms with van der Waals surface area (Å²) in [6.45, 7) is 5.67. The Bertz CT molecular complexity index is 1370. The van der Waals surface area contributed by atoms with Crippen molar-refractivity contribution < 1.29 is 28.8 Å². The van der Waals surface area contributed by atoms with Gasteiger partial charge in [-0.15, -0.1) is 0 Å². The van der Waals surface area contributed by atoms with Gasteiger partial charge in [-0.25, -0.2) is 0 Å². The first-order valence-corrected chi connectivity index (χ1v) is 15.9. The van der Waals surface area contributed by atoms with Gasteiger partial charge in [0.25, 0.3) is 5.91 Å². The standard InChI is InChI=1S/C32H42ClN5O6/c1-31(2,3)26(36-27(40)19-7-5-8-19)30(43)38-17-32(15-23(37-44-32)20-9-6-10-21(33)14-20)16-24(38)28(41)35-22(13-18-11-12-18)25(39)29(42)34-4/h6,9-10,14,18-19,22,24,26H,5,7-8,11-13,15-17H2,1-4H3,(H,34,42)(H,35,41)(H,36,40)/t22-,24-,26+,32+/m0/s1. The number of likely N-dealkylation sites (tertiary alicyclic amines) is 1. The van der Waals surface area contributed by atoms with Gasteiger partial charge in [0.15, 0.2) is 5.60 Å². The number of amides is 4. The van der Waals surface area contributed by atoms with Gasteiger partial charge in [-0.3, -0.25) is 24.0 Å². The molecule has 4 atom stereocenters. The number of benzene rings is 1. The minimum Gasteiger partial charge on any atom is -0.387 e. The van der Waals surface area contributed by atoms with E-state index in [9.17, 15) is 24.0 Å². The number of oxime groups is 1. The Hall–Kier alpha value is -3.47. The smallest absolute Gasteiger partial charge is 0.289 e. The molecule has 4 amide bonds. The molecule has 12 heteroatoms. The van der Waals surface area contributed by atoms with Crippen LogP contribution < -0.4 is 16.0 Å². The van der Waals surface area contributed by atoms with Gasteiger partial charge in [-0.2, -0.15) is 0 Å². The van der Waals surface area contributed by atoms with E-state index in [0.29, 0.717) is 23.6 Å². The number of nitrogens with one attached hydrogen (secondary N) is 3. The zero-order valence-electron chi connectivity index (χ0n) is 25.8. The second kappa shape index (κ2) is 12.5. The van der Waals surface area contributed by atoms with Crippen LogP contribution in [0.25, 0.3) is 0 Å². The van der Waals surface area contributed by atoms with Crippen molar-refractivity contribution in [1.29, 1.82) is 0 Å². The number of ketones is 1. The summed E-state index contributed by atoms with van der Waals surface area (Å²) in [5, 5.41) is 13.0. The fraction of sp³-hybridized carbons (Fsp3) is 0.625. The van der Waals surface area contributed by atoms with Gasteiger partial charge in [-0.1, -0.05) is 68.9 Å². The van der Waals surface area contributed by atoms with Crippen LogP contribution in [0.4, 0.5) is 0 Å². The van der Waals surface area contributed by atoms with Gasteiger partial charge in [0.1, 0.15) is 12.1 Å². The van der Waals surface area contributed by atoms with E-state index in [-0.39, 0.29) is 30.7 Å². The van der Waals surface area contributed by atoms with Crippen LogP contribution in [0.5, 0.6) is 0 Å². The molecule has 5 rings (SSSR count). The molecule has 0 radical (unpaired) electrons. The van der Waals surface area contributed by atoms with E-state index in [0.717, 1.165) is 37.7 Å². The summed E-state index contributed by atoms with van der Waals surface area (Å²) in [5.41, 5.74) is -0.225. The number of likely N-dealkylation sites (N-methyl/N-ethyl adjacent to an activating group) is 1. The van der Waals surface area contributed by atoms with Crippen molar-refractivity contribution in [2.45, 2.75) is 95.9 Å². The van der Waals surface area contributed by atoms with Gasteiger partial charge in [0, 0.05) is 36.4 Å². The van der Waals surface area contributed by atoms with Crippen molar-refractivity contribution in [2.24, 2.45) is 22.4 Å². The van der Waals surface area contributed by atoms with E-state index in [1.807, 2.05) is 32.9 Å². The molecule has 1 saturated heterocycles. The highest BCUT2D eigenvalue weighted by molar-refractivity contribution is 6.38. The fourth-order valence-corrected chi connectivity index (χ4v) is 6.36. The Morgan fingerprint density at radius 3 is 2.41 bits per heavy atom. The maximum atomic E-state index is 14.4. The summed E-state index contributed by atoms with van der Waals surface area (Å²) in [6, 6.07) is 4.30. The Labute approximate surface area is 262 Å². The molecule has 238 valence electrons. The second-order valence-corrected chi connectivity index (χ2v) is 14.2. The lowest BCUT2D eigenvalue weighted by molar-refractivity contribution is -0.146. The molecule has 1 spiro atoms. The van der Waals surface area contributed by atoms with Crippen molar-refractivity contribution in [3.05, 3.63) is 34.9 Å². The predicted octanol–water partition coefficient (Wildman–Crippen LogP) is 2.74. The van der Waals surface area contributed by atoms with Gasteiger partial charge < -0.3 is 25.7 Å². The van der Waals surface area contributed by atoms with Crippen LogP contribution in [-0.4, -0.2) is 77.3 Å². The first-order chi connectivity index (χ1) is 20.8. The summed E-state index contributed by atoms with van der Waals surface area (Å²) >= 11 is 6.21. The van der Waals surface area contributed by atoms with E-state index in [1.54, 1.807) is 12.1 Å². The largest absolute Gasteiger partial charge is 0.387 e. The molecule has 2 aliphatic heterocycles. The topological polar surface area (TPSA) is 146 Å². The van der Waals surface area contributed by atoms with Gasteiger partial charge >= 0.3 is 0 Å². The second-order valence-electron chi connectivity index (χ2n) is 13.8. The summed E-state index contributed by atoms with van der Waals surface area (Å²) in [7, 11) is 1.37. The molecule has 44 heavy (non-hydrogen) atoms. The van der Waals surface area contributed by atoms with Crippen molar-refractivity contribution >= 4 is 46.7 Å². The third-order valence-corrected chi connectivity index (χ3v) is 9.44. The van der Waals surface area contributed by atoms with Crippen LogP contribution in [0.1, 0.15) is 77.7 Å². The molecule has 2 aliphatic carbocycles. The zero-order valence-corrected chi connectivity index (χ0v) is 26.5. The third-order valence-electron chi connectivity index (χ3n) is 9.21. The van der Waals surface area contributed by atoms with Crippen LogP contribution in [0.2, 0.25) is 5.02 Å². The average molecular weight is 628 g/mol. The number of carbonyl (C=O) groups is 5.